The van der Waals surface area contributed by atoms with Crippen molar-refractivity contribution in [3.8, 4) is 0 Å². The Morgan fingerprint density at radius 2 is 1.88 bits per heavy atom. The Hall–Kier alpha value is -2.47. The molecule has 2 aromatic rings. The number of pyridine rings is 1. The molecule has 0 aliphatic carbocycles. The highest BCUT2D eigenvalue weighted by Crippen LogP contribution is 2.33. The van der Waals surface area contributed by atoms with Gasteiger partial charge in [-0.15, -0.1) is 11.3 Å². The van der Waals surface area contributed by atoms with Crippen LogP contribution in [0.4, 0.5) is 0 Å². The van der Waals surface area contributed by atoms with Crippen molar-refractivity contribution in [3.05, 3.63) is 58.2 Å². The SMILES string of the molecule is CCN(CCc1ccncc1)C1=C(c2cccs2)C(=O)N(CC)C1=O. The molecule has 3 rings (SSSR count). The van der Waals surface area contributed by atoms with E-state index >= 15 is 0 Å². The van der Waals surface area contributed by atoms with Gasteiger partial charge in [0.05, 0.1) is 5.57 Å². The Labute approximate surface area is 151 Å². The predicted molar refractivity (Wildman–Crippen MR) is 98.8 cm³/mol. The van der Waals surface area contributed by atoms with Gasteiger partial charge in [0, 0.05) is 36.9 Å². The number of carbonyl (C=O) groups is 2. The molecule has 2 aromatic heterocycles. The first-order valence-corrected chi connectivity index (χ1v) is 9.33. The fraction of sp³-hybridized carbons (Fsp3) is 0.316. The van der Waals surface area contributed by atoms with Crippen LogP contribution in [0, 0.1) is 0 Å². The number of likely N-dealkylation sites (N-methyl/N-ethyl adjacent to an activating group) is 2. The largest absolute Gasteiger partial charge is 0.366 e. The second-order valence-corrected chi connectivity index (χ2v) is 6.69. The van der Waals surface area contributed by atoms with E-state index in [9.17, 15) is 9.59 Å². The topological polar surface area (TPSA) is 53.5 Å². The van der Waals surface area contributed by atoms with Crippen molar-refractivity contribution in [1.82, 2.24) is 14.8 Å². The van der Waals surface area contributed by atoms with Gasteiger partial charge >= 0.3 is 0 Å². The predicted octanol–water partition coefficient (Wildman–Crippen LogP) is 2.81. The molecule has 1 aliphatic heterocycles. The summed E-state index contributed by atoms with van der Waals surface area (Å²) in [5.41, 5.74) is 2.24. The average Bonchev–Trinajstić information content (AvgIpc) is 3.23. The summed E-state index contributed by atoms with van der Waals surface area (Å²) in [7, 11) is 0. The van der Waals surface area contributed by atoms with Crippen molar-refractivity contribution >= 4 is 28.7 Å². The van der Waals surface area contributed by atoms with Crippen LogP contribution < -0.4 is 0 Å². The second-order valence-electron chi connectivity index (χ2n) is 5.74. The second kappa shape index (κ2) is 7.61. The van der Waals surface area contributed by atoms with E-state index in [0.717, 1.165) is 16.9 Å². The number of nitrogens with zero attached hydrogens (tertiary/aromatic N) is 3. The number of imide groups is 1. The molecule has 0 saturated carbocycles. The zero-order valence-electron chi connectivity index (χ0n) is 14.4. The maximum atomic E-state index is 12.9. The normalized spacial score (nSPS) is 14.6. The van der Waals surface area contributed by atoms with E-state index in [2.05, 4.69) is 4.98 Å². The molecule has 0 saturated heterocycles. The molecule has 0 fully saturated rings. The lowest BCUT2D eigenvalue weighted by Crippen LogP contribution is -2.35. The standard InChI is InChI=1S/C19H21N3O2S/c1-3-21(12-9-14-7-10-20-11-8-14)17-16(15-6-5-13-25-15)18(23)22(4-2)19(17)24/h5-8,10-11,13H,3-4,9,12H2,1-2H3. The minimum absolute atomic E-state index is 0.188. The van der Waals surface area contributed by atoms with Crippen LogP contribution in [0.2, 0.25) is 0 Å². The molecular weight excluding hydrogens is 334 g/mol. The number of carbonyl (C=O) groups excluding carboxylic acids is 2. The third-order valence-electron chi connectivity index (χ3n) is 4.35. The van der Waals surface area contributed by atoms with Gasteiger partial charge in [-0.2, -0.15) is 0 Å². The van der Waals surface area contributed by atoms with Crippen molar-refractivity contribution in [2.75, 3.05) is 19.6 Å². The van der Waals surface area contributed by atoms with Crippen LogP contribution in [0.25, 0.3) is 5.57 Å². The molecule has 1 aliphatic rings. The van der Waals surface area contributed by atoms with Crippen LogP contribution in [0.5, 0.6) is 0 Å². The van der Waals surface area contributed by atoms with Crippen LogP contribution in [-0.4, -0.2) is 46.2 Å². The Bertz CT molecular complexity index is 784. The van der Waals surface area contributed by atoms with Gasteiger partial charge in [0.2, 0.25) is 0 Å². The molecule has 5 nitrogen and oxygen atoms in total. The highest BCUT2D eigenvalue weighted by atomic mass is 32.1. The summed E-state index contributed by atoms with van der Waals surface area (Å²) in [5.74, 6) is -0.375. The van der Waals surface area contributed by atoms with E-state index in [1.807, 2.05) is 48.4 Å². The van der Waals surface area contributed by atoms with E-state index in [4.69, 9.17) is 0 Å². The Morgan fingerprint density at radius 3 is 2.48 bits per heavy atom. The monoisotopic (exact) mass is 355 g/mol. The lowest BCUT2D eigenvalue weighted by molar-refractivity contribution is -0.137. The van der Waals surface area contributed by atoms with Gasteiger partial charge in [-0.05, 0) is 49.4 Å². The molecule has 0 N–H and O–H groups in total. The zero-order valence-corrected chi connectivity index (χ0v) is 15.3. The van der Waals surface area contributed by atoms with Crippen LogP contribution in [0.1, 0.15) is 24.3 Å². The summed E-state index contributed by atoms with van der Waals surface area (Å²) in [6, 6.07) is 7.76. The van der Waals surface area contributed by atoms with Gasteiger partial charge < -0.3 is 4.90 Å². The molecule has 0 radical (unpaired) electrons. The number of hydrogen-bond donors (Lipinski definition) is 0. The summed E-state index contributed by atoms with van der Waals surface area (Å²) in [5, 5.41) is 1.93. The summed E-state index contributed by atoms with van der Waals surface area (Å²) in [4.78, 5) is 33.9. The van der Waals surface area contributed by atoms with Gasteiger partial charge in [0.1, 0.15) is 5.70 Å². The van der Waals surface area contributed by atoms with Gasteiger partial charge in [0.25, 0.3) is 11.8 Å². The van der Waals surface area contributed by atoms with Crippen LogP contribution in [0.15, 0.2) is 47.7 Å². The number of amides is 2. The van der Waals surface area contributed by atoms with Crippen LogP contribution in [-0.2, 0) is 16.0 Å². The van der Waals surface area contributed by atoms with E-state index in [1.165, 1.54) is 16.2 Å². The van der Waals surface area contributed by atoms with Crippen molar-refractivity contribution in [2.24, 2.45) is 0 Å². The number of thiophene rings is 1. The number of hydrogen-bond acceptors (Lipinski definition) is 5. The summed E-state index contributed by atoms with van der Waals surface area (Å²) in [6.45, 7) is 5.58. The first-order valence-electron chi connectivity index (χ1n) is 8.45. The molecule has 6 heteroatoms. The molecule has 0 bridgehead atoms. The Balaban J connectivity index is 1.93. The molecular formula is C19H21N3O2S. The summed E-state index contributed by atoms with van der Waals surface area (Å²) in [6.07, 6.45) is 4.33. The highest BCUT2D eigenvalue weighted by molar-refractivity contribution is 7.11. The molecule has 0 aromatic carbocycles. The Morgan fingerprint density at radius 1 is 1.12 bits per heavy atom. The molecule has 3 heterocycles. The molecule has 0 atom stereocenters. The molecule has 25 heavy (non-hydrogen) atoms. The lowest BCUT2D eigenvalue weighted by Gasteiger charge is -2.24. The van der Waals surface area contributed by atoms with Gasteiger partial charge in [0.15, 0.2) is 0 Å². The summed E-state index contributed by atoms with van der Waals surface area (Å²) >= 11 is 1.49. The molecule has 130 valence electrons. The third kappa shape index (κ3) is 3.35. The quantitative estimate of drug-likeness (QED) is 0.717. The van der Waals surface area contributed by atoms with Crippen molar-refractivity contribution in [3.63, 3.8) is 0 Å². The van der Waals surface area contributed by atoms with Crippen molar-refractivity contribution < 1.29 is 9.59 Å². The van der Waals surface area contributed by atoms with Crippen LogP contribution >= 0.6 is 11.3 Å². The number of aromatic nitrogens is 1. The molecule has 0 unspecified atom stereocenters. The number of rotatable bonds is 7. The minimum Gasteiger partial charge on any atom is -0.366 e. The maximum Gasteiger partial charge on any atom is 0.277 e. The minimum atomic E-state index is -0.188. The summed E-state index contributed by atoms with van der Waals surface area (Å²) < 4.78 is 0. The van der Waals surface area contributed by atoms with Gasteiger partial charge in [-0.3, -0.25) is 19.5 Å². The van der Waals surface area contributed by atoms with Crippen molar-refractivity contribution in [2.45, 2.75) is 20.3 Å². The van der Waals surface area contributed by atoms with Gasteiger partial charge in [-0.25, -0.2) is 0 Å². The molecule has 2 amide bonds. The fourth-order valence-electron chi connectivity index (χ4n) is 3.03. The highest BCUT2D eigenvalue weighted by Gasteiger charge is 2.40. The third-order valence-corrected chi connectivity index (χ3v) is 5.23. The maximum absolute atomic E-state index is 12.9. The Kier molecular flexibility index (Phi) is 5.28. The average molecular weight is 355 g/mol. The van der Waals surface area contributed by atoms with Gasteiger partial charge in [-0.1, -0.05) is 6.07 Å². The first-order chi connectivity index (χ1) is 12.2. The first kappa shape index (κ1) is 17.4. The van der Waals surface area contributed by atoms with E-state index in [0.29, 0.717) is 30.9 Å². The van der Waals surface area contributed by atoms with E-state index in [1.54, 1.807) is 12.4 Å². The van der Waals surface area contributed by atoms with E-state index < -0.39 is 0 Å². The smallest absolute Gasteiger partial charge is 0.277 e. The van der Waals surface area contributed by atoms with Crippen molar-refractivity contribution in [1.29, 1.82) is 0 Å². The lowest BCUT2D eigenvalue weighted by atomic mass is 10.1. The van der Waals surface area contributed by atoms with E-state index in [-0.39, 0.29) is 11.8 Å². The molecule has 0 spiro atoms. The fourth-order valence-corrected chi connectivity index (χ4v) is 3.79. The zero-order chi connectivity index (χ0) is 17.8. The van der Waals surface area contributed by atoms with Crippen LogP contribution in [0.3, 0.4) is 0 Å².